The van der Waals surface area contributed by atoms with Crippen LogP contribution in [0.1, 0.15) is 31.7 Å². The molecular weight excluding hydrogens is 378 g/mol. The van der Waals surface area contributed by atoms with E-state index < -0.39 is 0 Å². The summed E-state index contributed by atoms with van der Waals surface area (Å²) >= 11 is 0. The number of nitrogens with zero attached hydrogens (tertiary/aromatic N) is 3. The first-order valence-corrected chi connectivity index (χ1v) is 11.4. The maximum atomic E-state index is 13.5. The number of likely N-dealkylation sites (tertiary alicyclic amines) is 3. The maximum Gasteiger partial charge on any atom is 0.230 e. The maximum absolute atomic E-state index is 13.5. The number of methoxy groups -OCH3 is 2. The normalized spacial score (nSPS) is 26.9. The Bertz CT molecular complexity index is 730. The molecular formula is C24H37N3O3. The van der Waals surface area contributed by atoms with Crippen molar-refractivity contribution in [3.8, 4) is 5.75 Å². The number of carbonyl (C=O) groups excluding carboxylic acids is 1. The summed E-state index contributed by atoms with van der Waals surface area (Å²) in [6.45, 7) is 10.6. The van der Waals surface area contributed by atoms with Gasteiger partial charge in [0, 0.05) is 51.8 Å². The minimum absolute atomic E-state index is 0.109. The van der Waals surface area contributed by atoms with E-state index in [2.05, 4.69) is 33.8 Å². The molecule has 0 bridgehead atoms. The van der Waals surface area contributed by atoms with Crippen molar-refractivity contribution in [1.29, 1.82) is 0 Å². The number of carbonyl (C=O) groups is 1. The monoisotopic (exact) mass is 415 g/mol. The molecule has 1 atom stereocenters. The third-order valence-corrected chi connectivity index (χ3v) is 7.91. The standard InChI is InChI=1S/C24H37N3O3/c1-4-27-14-11-24(22(27)28)19-26(15-16-29-2)18-23(24)9-12-25(13-10-23)17-20-5-7-21(30-3)8-6-20/h5-8H,4,9-19H2,1-3H3/t24-/m0/s1. The smallest absolute Gasteiger partial charge is 0.230 e. The van der Waals surface area contributed by atoms with Crippen LogP contribution in [0, 0.1) is 10.8 Å². The topological polar surface area (TPSA) is 45.2 Å². The number of amides is 1. The van der Waals surface area contributed by atoms with Gasteiger partial charge in [-0.05, 0) is 57.0 Å². The van der Waals surface area contributed by atoms with E-state index in [0.29, 0.717) is 5.91 Å². The lowest BCUT2D eigenvalue weighted by Gasteiger charge is -2.47. The van der Waals surface area contributed by atoms with Crippen molar-refractivity contribution in [3.05, 3.63) is 29.8 Å². The van der Waals surface area contributed by atoms with Crippen molar-refractivity contribution < 1.29 is 14.3 Å². The lowest BCUT2D eigenvalue weighted by molar-refractivity contribution is -0.142. The minimum Gasteiger partial charge on any atom is -0.497 e. The highest BCUT2D eigenvalue weighted by Crippen LogP contribution is 2.57. The average molecular weight is 416 g/mol. The third kappa shape index (κ3) is 3.74. The van der Waals surface area contributed by atoms with Gasteiger partial charge in [0.2, 0.25) is 5.91 Å². The molecule has 0 saturated carbocycles. The van der Waals surface area contributed by atoms with Crippen molar-refractivity contribution in [2.24, 2.45) is 10.8 Å². The van der Waals surface area contributed by atoms with E-state index >= 15 is 0 Å². The Balaban J connectivity index is 1.47. The van der Waals surface area contributed by atoms with Gasteiger partial charge in [0.1, 0.15) is 5.75 Å². The van der Waals surface area contributed by atoms with Crippen LogP contribution in [-0.4, -0.2) is 87.2 Å². The molecule has 3 saturated heterocycles. The third-order valence-electron chi connectivity index (χ3n) is 7.91. The van der Waals surface area contributed by atoms with Crippen LogP contribution in [-0.2, 0) is 16.1 Å². The second-order valence-electron chi connectivity index (χ2n) is 9.32. The first-order chi connectivity index (χ1) is 14.6. The zero-order valence-electron chi connectivity index (χ0n) is 18.9. The molecule has 0 radical (unpaired) electrons. The van der Waals surface area contributed by atoms with E-state index in [1.165, 1.54) is 5.56 Å². The second-order valence-corrected chi connectivity index (χ2v) is 9.32. The Morgan fingerprint density at radius 3 is 2.30 bits per heavy atom. The highest BCUT2D eigenvalue weighted by Gasteiger charge is 2.64. The molecule has 6 nitrogen and oxygen atoms in total. The highest BCUT2D eigenvalue weighted by molar-refractivity contribution is 5.86. The van der Waals surface area contributed by atoms with Crippen LogP contribution in [0.25, 0.3) is 0 Å². The van der Waals surface area contributed by atoms with Gasteiger partial charge in [-0.1, -0.05) is 12.1 Å². The van der Waals surface area contributed by atoms with Gasteiger partial charge in [0.25, 0.3) is 0 Å². The summed E-state index contributed by atoms with van der Waals surface area (Å²) in [5.41, 5.74) is 1.24. The van der Waals surface area contributed by atoms with E-state index in [-0.39, 0.29) is 10.8 Å². The molecule has 1 amide bonds. The summed E-state index contributed by atoms with van der Waals surface area (Å²) in [6.07, 6.45) is 3.23. The summed E-state index contributed by atoms with van der Waals surface area (Å²) < 4.78 is 10.6. The molecule has 0 unspecified atom stereocenters. The van der Waals surface area contributed by atoms with E-state index in [1.54, 1.807) is 14.2 Å². The molecule has 0 aliphatic carbocycles. The predicted molar refractivity (Wildman–Crippen MR) is 118 cm³/mol. The molecule has 3 aliphatic heterocycles. The van der Waals surface area contributed by atoms with Crippen molar-refractivity contribution in [2.45, 2.75) is 32.7 Å². The Kier molecular flexibility index (Phi) is 6.37. The summed E-state index contributed by atoms with van der Waals surface area (Å²) in [4.78, 5) is 20.7. The molecule has 30 heavy (non-hydrogen) atoms. The van der Waals surface area contributed by atoms with Crippen LogP contribution in [0.15, 0.2) is 24.3 Å². The average Bonchev–Trinajstić information content (AvgIpc) is 3.26. The van der Waals surface area contributed by atoms with Crippen molar-refractivity contribution in [1.82, 2.24) is 14.7 Å². The van der Waals surface area contributed by atoms with Crippen LogP contribution in [0.3, 0.4) is 0 Å². The van der Waals surface area contributed by atoms with Gasteiger partial charge >= 0.3 is 0 Å². The predicted octanol–water partition coefficient (Wildman–Crippen LogP) is 2.48. The number of ether oxygens (including phenoxy) is 2. The molecule has 0 N–H and O–H groups in total. The molecule has 1 aromatic carbocycles. The molecule has 3 aliphatic rings. The quantitative estimate of drug-likeness (QED) is 0.685. The molecule has 1 aromatic rings. The molecule has 2 spiro atoms. The number of hydrogen-bond acceptors (Lipinski definition) is 5. The fraction of sp³-hybridized carbons (Fsp3) is 0.708. The van der Waals surface area contributed by atoms with Crippen molar-refractivity contribution in [3.63, 3.8) is 0 Å². The Morgan fingerprint density at radius 2 is 1.70 bits per heavy atom. The number of rotatable bonds is 7. The molecule has 166 valence electrons. The van der Waals surface area contributed by atoms with Gasteiger partial charge in [-0.25, -0.2) is 0 Å². The Labute approximate surface area is 181 Å². The number of hydrogen-bond donors (Lipinski definition) is 0. The number of piperidine rings is 1. The summed E-state index contributed by atoms with van der Waals surface area (Å²) in [5.74, 6) is 1.31. The van der Waals surface area contributed by atoms with Crippen LogP contribution >= 0.6 is 0 Å². The van der Waals surface area contributed by atoms with Crippen LogP contribution in [0.4, 0.5) is 0 Å². The summed E-state index contributed by atoms with van der Waals surface area (Å²) in [7, 11) is 3.47. The van der Waals surface area contributed by atoms with E-state index in [4.69, 9.17) is 9.47 Å². The Morgan fingerprint density at radius 1 is 0.967 bits per heavy atom. The number of fused-ring (bicyclic) bond motifs is 1. The number of benzene rings is 1. The molecule has 4 rings (SSSR count). The fourth-order valence-electron chi connectivity index (χ4n) is 6.11. The Hall–Kier alpha value is -1.63. The fourth-order valence-corrected chi connectivity index (χ4v) is 6.11. The van der Waals surface area contributed by atoms with Crippen LogP contribution in [0.2, 0.25) is 0 Å². The molecule has 6 heteroatoms. The lowest BCUT2D eigenvalue weighted by Crippen LogP contribution is -2.52. The van der Waals surface area contributed by atoms with Gasteiger partial charge in [-0.15, -0.1) is 0 Å². The zero-order valence-corrected chi connectivity index (χ0v) is 18.9. The lowest BCUT2D eigenvalue weighted by atomic mass is 9.60. The largest absolute Gasteiger partial charge is 0.497 e. The zero-order chi connectivity index (χ0) is 21.2. The molecule has 3 heterocycles. The van der Waals surface area contributed by atoms with Crippen molar-refractivity contribution in [2.75, 3.05) is 66.6 Å². The van der Waals surface area contributed by atoms with Crippen molar-refractivity contribution >= 4 is 5.91 Å². The van der Waals surface area contributed by atoms with Gasteiger partial charge in [0.05, 0.1) is 19.1 Å². The van der Waals surface area contributed by atoms with E-state index in [1.807, 2.05) is 12.1 Å². The highest BCUT2D eigenvalue weighted by atomic mass is 16.5. The first kappa shape index (κ1) is 21.6. The first-order valence-electron chi connectivity index (χ1n) is 11.4. The van der Waals surface area contributed by atoms with E-state index in [9.17, 15) is 4.79 Å². The van der Waals surface area contributed by atoms with E-state index in [0.717, 1.165) is 84.0 Å². The van der Waals surface area contributed by atoms with Gasteiger partial charge in [-0.2, -0.15) is 0 Å². The summed E-state index contributed by atoms with van der Waals surface area (Å²) in [5, 5.41) is 0. The second kappa shape index (κ2) is 8.85. The van der Waals surface area contributed by atoms with Gasteiger partial charge in [-0.3, -0.25) is 14.6 Å². The minimum atomic E-state index is -0.192. The molecule has 3 fully saturated rings. The van der Waals surface area contributed by atoms with Crippen LogP contribution < -0.4 is 4.74 Å². The SMILES string of the molecule is CCN1CC[C@]2(CN(CCOC)CC23CCN(Cc2ccc(OC)cc2)CC3)C1=O. The van der Waals surface area contributed by atoms with Crippen LogP contribution in [0.5, 0.6) is 5.75 Å². The van der Waals surface area contributed by atoms with Gasteiger partial charge in [0.15, 0.2) is 0 Å². The van der Waals surface area contributed by atoms with Gasteiger partial charge < -0.3 is 14.4 Å². The summed E-state index contributed by atoms with van der Waals surface area (Å²) in [6, 6.07) is 8.40. The molecule has 0 aromatic heterocycles.